The zero-order chi connectivity index (χ0) is 20.7. The van der Waals surface area contributed by atoms with Crippen molar-refractivity contribution in [3.05, 3.63) is 41.0 Å². The van der Waals surface area contributed by atoms with Crippen molar-refractivity contribution in [1.29, 1.82) is 5.26 Å². The number of hydrogen-bond donors (Lipinski definition) is 0. The summed E-state index contributed by atoms with van der Waals surface area (Å²) in [4.78, 5) is 20.9. The standard InChI is InChI=1S/C21H22N6O3/c1-25-11-17(19(10-22)24-25)14-8-16-18(9-14)23-3-2-20(16)26-4-6-27(7-5-26)21(28)30-15-12-29-13-15/h2-3,8,11,15H,4-7,9,12-13H2,1H3. The van der Waals surface area contributed by atoms with Crippen LogP contribution < -0.4 is 4.90 Å². The second-order valence-electron chi connectivity index (χ2n) is 7.73. The maximum atomic E-state index is 12.3. The predicted molar refractivity (Wildman–Crippen MR) is 109 cm³/mol. The van der Waals surface area contributed by atoms with E-state index in [2.05, 4.69) is 27.1 Å². The van der Waals surface area contributed by atoms with Gasteiger partial charge < -0.3 is 19.3 Å². The zero-order valence-electron chi connectivity index (χ0n) is 16.7. The molecule has 0 spiro atoms. The van der Waals surface area contributed by atoms with E-state index in [1.165, 1.54) is 0 Å². The molecule has 0 aromatic carbocycles. The van der Waals surface area contributed by atoms with Crippen LogP contribution in [0.25, 0.3) is 11.6 Å². The Kier molecular flexibility index (Phi) is 4.64. The van der Waals surface area contributed by atoms with Gasteiger partial charge in [0.15, 0.2) is 11.8 Å². The van der Waals surface area contributed by atoms with Crippen LogP contribution in [0.5, 0.6) is 0 Å². The Morgan fingerprint density at radius 3 is 2.80 bits per heavy atom. The van der Waals surface area contributed by atoms with Crippen LogP contribution in [0.3, 0.4) is 0 Å². The number of anilines is 1. The van der Waals surface area contributed by atoms with Gasteiger partial charge in [0.1, 0.15) is 6.07 Å². The fraction of sp³-hybridized carbons (Fsp3) is 0.429. The molecule has 0 N–H and O–H groups in total. The predicted octanol–water partition coefficient (Wildman–Crippen LogP) is 1.44. The van der Waals surface area contributed by atoms with E-state index in [9.17, 15) is 10.1 Å². The van der Waals surface area contributed by atoms with Gasteiger partial charge in [0.05, 0.1) is 18.9 Å². The average Bonchev–Trinajstić information content (AvgIpc) is 3.33. The van der Waals surface area contributed by atoms with E-state index in [-0.39, 0.29) is 12.2 Å². The lowest BCUT2D eigenvalue weighted by Crippen LogP contribution is -2.51. The van der Waals surface area contributed by atoms with Crippen molar-refractivity contribution in [1.82, 2.24) is 19.7 Å². The van der Waals surface area contributed by atoms with Crippen molar-refractivity contribution in [2.45, 2.75) is 12.5 Å². The first-order chi connectivity index (χ1) is 14.6. The molecule has 0 unspecified atom stereocenters. The van der Waals surface area contributed by atoms with E-state index in [0.717, 1.165) is 41.2 Å². The number of rotatable bonds is 3. The number of allylic oxidation sites excluding steroid dienone is 1. The molecule has 1 amide bonds. The lowest BCUT2D eigenvalue weighted by atomic mass is 10.1. The van der Waals surface area contributed by atoms with Crippen LogP contribution in [-0.2, 0) is 22.9 Å². The first-order valence-corrected chi connectivity index (χ1v) is 10.0. The van der Waals surface area contributed by atoms with Crippen molar-refractivity contribution < 1.29 is 14.3 Å². The van der Waals surface area contributed by atoms with Crippen molar-refractivity contribution >= 4 is 23.4 Å². The van der Waals surface area contributed by atoms with Crippen LogP contribution >= 0.6 is 0 Å². The second-order valence-corrected chi connectivity index (χ2v) is 7.73. The second kappa shape index (κ2) is 7.46. The van der Waals surface area contributed by atoms with Crippen molar-refractivity contribution in [3.8, 4) is 6.07 Å². The third-order valence-electron chi connectivity index (χ3n) is 5.76. The molecule has 9 nitrogen and oxygen atoms in total. The quantitative estimate of drug-likeness (QED) is 0.761. The molecule has 2 aliphatic heterocycles. The fourth-order valence-corrected chi connectivity index (χ4v) is 4.09. The molecule has 5 rings (SSSR count). The molecule has 0 saturated carbocycles. The summed E-state index contributed by atoms with van der Waals surface area (Å²) in [6.45, 7) is 3.67. The number of aryl methyl sites for hydroxylation is 1. The lowest BCUT2D eigenvalue weighted by molar-refractivity contribution is -0.104. The largest absolute Gasteiger partial charge is 0.441 e. The summed E-state index contributed by atoms with van der Waals surface area (Å²) in [6, 6.07) is 4.19. The van der Waals surface area contributed by atoms with Gasteiger partial charge in [0.25, 0.3) is 0 Å². The van der Waals surface area contributed by atoms with Gasteiger partial charge in [-0.15, -0.1) is 0 Å². The van der Waals surface area contributed by atoms with Crippen LogP contribution in [0.15, 0.2) is 18.5 Å². The number of carbonyl (C=O) groups is 1. The van der Waals surface area contributed by atoms with Crippen LogP contribution in [0.2, 0.25) is 0 Å². The molecule has 2 aromatic heterocycles. The molecule has 2 saturated heterocycles. The highest BCUT2D eigenvalue weighted by Crippen LogP contribution is 2.37. The summed E-state index contributed by atoms with van der Waals surface area (Å²) in [7, 11) is 1.82. The van der Waals surface area contributed by atoms with E-state index in [1.54, 1.807) is 9.58 Å². The smallest absolute Gasteiger partial charge is 0.410 e. The molecular formula is C21H22N6O3. The van der Waals surface area contributed by atoms with Gasteiger partial charge >= 0.3 is 6.09 Å². The summed E-state index contributed by atoms with van der Waals surface area (Å²) in [6.07, 6.45) is 6.15. The number of hydrogen-bond acceptors (Lipinski definition) is 7. The number of pyridine rings is 1. The third-order valence-corrected chi connectivity index (χ3v) is 5.76. The molecule has 4 heterocycles. The molecule has 154 valence electrons. The summed E-state index contributed by atoms with van der Waals surface area (Å²) < 4.78 is 12.1. The normalized spacial score (nSPS) is 18.5. The summed E-state index contributed by atoms with van der Waals surface area (Å²) in [5.41, 5.74) is 5.54. The molecule has 3 aliphatic rings. The molecule has 2 aromatic rings. The molecule has 2 fully saturated rings. The van der Waals surface area contributed by atoms with Gasteiger partial charge in [-0.1, -0.05) is 0 Å². The van der Waals surface area contributed by atoms with Gasteiger partial charge in [-0.05, 0) is 17.7 Å². The lowest BCUT2D eigenvalue weighted by Gasteiger charge is -2.37. The highest BCUT2D eigenvalue weighted by atomic mass is 16.6. The number of nitrogens with zero attached hydrogens (tertiary/aromatic N) is 6. The van der Waals surface area contributed by atoms with E-state index in [1.807, 2.05) is 25.5 Å². The highest BCUT2D eigenvalue weighted by molar-refractivity contribution is 5.92. The van der Waals surface area contributed by atoms with Crippen molar-refractivity contribution in [2.24, 2.45) is 7.05 Å². The number of amides is 1. The molecule has 9 heteroatoms. The minimum Gasteiger partial charge on any atom is -0.441 e. The Morgan fingerprint density at radius 2 is 2.10 bits per heavy atom. The first-order valence-electron chi connectivity index (χ1n) is 10.0. The summed E-state index contributed by atoms with van der Waals surface area (Å²) in [5.74, 6) is 0. The molecule has 1 aliphatic carbocycles. The maximum absolute atomic E-state index is 12.3. The minimum absolute atomic E-state index is 0.103. The van der Waals surface area contributed by atoms with Gasteiger partial charge in [-0.3, -0.25) is 9.67 Å². The van der Waals surface area contributed by atoms with Crippen LogP contribution in [-0.4, -0.2) is 71.3 Å². The minimum atomic E-state index is -0.259. The van der Waals surface area contributed by atoms with Crippen LogP contribution in [0, 0.1) is 11.3 Å². The van der Waals surface area contributed by atoms with Crippen LogP contribution in [0.4, 0.5) is 10.5 Å². The Labute approximate surface area is 174 Å². The SMILES string of the molecule is Cn1cc(C2=Cc3c(N4CCN(C(=O)OC5COC5)CC4)ccnc3C2)c(C#N)n1. The van der Waals surface area contributed by atoms with Crippen molar-refractivity contribution in [3.63, 3.8) is 0 Å². The number of ether oxygens (including phenoxy) is 2. The van der Waals surface area contributed by atoms with Crippen LogP contribution in [0.1, 0.15) is 22.5 Å². The average molecular weight is 406 g/mol. The Hall–Kier alpha value is -3.38. The van der Waals surface area contributed by atoms with E-state index in [4.69, 9.17) is 9.47 Å². The van der Waals surface area contributed by atoms with Crippen molar-refractivity contribution in [2.75, 3.05) is 44.3 Å². The number of fused-ring (bicyclic) bond motifs is 1. The molecule has 0 atom stereocenters. The topological polar surface area (TPSA) is 96.5 Å². The molecule has 0 radical (unpaired) electrons. The molecule has 0 bridgehead atoms. The Balaban J connectivity index is 1.32. The Bertz CT molecular complexity index is 1060. The number of piperazine rings is 1. The molecule has 30 heavy (non-hydrogen) atoms. The van der Waals surface area contributed by atoms with E-state index in [0.29, 0.717) is 38.4 Å². The van der Waals surface area contributed by atoms with E-state index >= 15 is 0 Å². The summed E-state index contributed by atoms with van der Waals surface area (Å²) in [5, 5.41) is 13.6. The number of aromatic nitrogens is 3. The van der Waals surface area contributed by atoms with Gasteiger partial charge in [0.2, 0.25) is 0 Å². The zero-order valence-corrected chi connectivity index (χ0v) is 16.7. The molecular weight excluding hydrogens is 384 g/mol. The third kappa shape index (κ3) is 3.29. The first kappa shape index (κ1) is 18.6. The maximum Gasteiger partial charge on any atom is 0.410 e. The highest BCUT2D eigenvalue weighted by Gasteiger charge is 2.30. The van der Waals surface area contributed by atoms with Gasteiger partial charge in [-0.2, -0.15) is 10.4 Å². The van der Waals surface area contributed by atoms with Gasteiger partial charge in [-0.25, -0.2) is 4.79 Å². The van der Waals surface area contributed by atoms with Gasteiger partial charge in [0, 0.05) is 68.9 Å². The fourth-order valence-electron chi connectivity index (χ4n) is 4.09. The van der Waals surface area contributed by atoms with E-state index < -0.39 is 0 Å². The Morgan fingerprint density at radius 1 is 1.30 bits per heavy atom. The summed E-state index contributed by atoms with van der Waals surface area (Å²) >= 11 is 0. The number of nitriles is 1. The number of carbonyl (C=O) groups excluding carboxylic acids is 1. The monoisotopic (exact) mass is 406 g/mol.